The van der Waals surface area contributed by atoms with Gasteiger partial charge in [0, 0.05) is 6.42 Å². The molecule has 13 heavy (non-hydrogen) atoms. The maximum Gasteiger partial charge on any atom is 0.320 e. The molecule has 1 saturated heterocycles. The number of rotatable bonds is 4. The van der Waals surface area contributed by atoms with Gasteiger partial charge in [-0.2, -0.15) is 0 Å². The lowest BCUT2D eigenvalue weighted by atomic mass is 9.95. The Morgan fingerprint density at radius 3 is 2.62 bits per heavy atom. The van der Waals surface area contributed by atoms with Crippen LogP contribution in [0.4, 0.5) is 0 Å². The van der Waals surface area contributed by atoms with Gasteiger partial charge in [0.25, 0.3) is 0 Å². The summed E-state index contributed by atoms with van der Waals surface area (Å²) < 4.78 is 0. The molecule has 74 valence electrons. The molecule has 0 spiro atoms. The van der Waals surface area contributed by atoms with Crippen molar-refractivity contribution in [1.29, 1.82) is 0 Å². The van der Waals surface area contributed by atoms with Crippen molar-refractivity contribution < 1.29 is 19.8 Å². The van der Waals surface area contributed by atoms with Crippen LogP contribution >= 0.6 is 0 Å². The zero-order valence-electron chi connectivity index (χ0n) is 7.19. The summed E-state index contributed by atoms with van der Waals surface area (Å²) in [5.74, 6) is -1.78. The summed E-state index contributed by atoms with van der Waals surface area (Å²) >= 11 is 0. The van der Waals surface area contributed by atoms with Crippen LogP contribution in [0.25, 0.3) is 0 Å². The summed E-state index contributed by atoms with van der Waals surface area (Å²) in [5.41, 5.74) is 0. The lowest BCUT2D eigenvalue weighted by Gasteiger charge is -2.13. The number of carbonyl (C=O) groups is 2. The molecule has 0 radical (unpaired) electrons. The normalized spacial score (nSPS) is 27.4. The van der Waals surface area contributed by atoms with Crippen LogP contribution in [0.2, 0.25) is 0 Å². The largest absolute Gasteiger partial charge is 0.481 e. The molecule has 0 aliphatic carbocycles. The fourth-order valence-corrected chi connectivity index (χ4v) is 1.67. The summed E-state index contributed by atoms with van der Waals surface area (Å²) in [6, 6.07) is -0.556. The molecule has 0 amide bonds. The van der Waals surface area contributed by atoms with Crippen molar-refractivity contribution in [3.8, 4) is 0 Å². The fourth-order valence-electron chi connectivity index (χ4n) is 1.67. The zero-order valence-corrected chi connectivity index (χ0v) is 7.19. The Kier molecular flexibility index (Phi) is 3.25. The summed E-state index contributed by atoms with van der Waals surface area (Å²) in [4.78, 5) is 20.9. The van der Waals surface area contributed by atoms with Gasteiger partial charge < -0.3 is 15.5 Å². The smallest absolute Gasteiger partial charge is 0.320 e. The zero-order chi connectivity index (χ0) is 9.84. The topological polar surface area (TPSA) is 86.6 Å². The Morgan fingerprint density at radius 1 is 1.38 bits per heavy atom. The number of nitrogens with one attached hydrogen (secondary N) is 1. The quantitative estimate of drug-likeness (QED) is 0.572. The van der Waals surface area contributed by atoms with Crippen LogP contribution < -0.4 is 5.32 Å². The van der Waals surface area contributed by atoms with E-state index in [4.69, 9.17) is 10.2 Å². The molecule has 0 aromatic carbocycles. The van der Waals surface area contributed by atoms with E-state index in [0.29, 0.717) is 13.0 Å². The molecule has 0 aromatic heterocycles. The minimum atomic E-state index is -0.882. The van der Waals surface area contributed by atoms with Gasteiger partial charge in [-0.25, -0.2) is 0 Å². The Bertz CT molecular complexity index is 216. The molecule has 0 bridgehead atoms. The van der Waals surface area contributed by atoms with Gasteiger partial charge >= 0.3 is 11.9 Å². The number of hydrogen-bond acceptors (Lipinski definition) is 3. The average Bonchev–Trinajstić information content (AvgIpc) is 2.47. The highest BCUT2D eigenvalue weighted by Gasteiger charge is 2.32. The Hall–Kier alpha value is -1.10. The van der Waals surface area contributed by atoms with E-state index in [0.717, 1.165) is 6.42 Å². The summed E-state index contributed by atoms with van der Waals surface area (Å²) in [6.45, 7) is 0.668. The molecular formula is C8H13NO4. The van der Waals surface area contributed by atoms with E-state index in [1.807, 2.05) is 0 Å². The second-order valence-electron chi connectivity index (χ2n) is 3.25. The highest BCUT2D eigenvalue weighted by atomic mass is 16.4. The summed E-state index contributed by atoms with van der Waals surface area (Å²) in [5, 5.41) is 20.0. The average molecular weight is 187 g/mol. The molecule has 0 unspecified atom stereocenters. The van der Waals surface area contributed by atoms with E-state index >= 15 is 0 Å². The number of aliphatic carboxylic acids is 2. The van der Waals surface area contributed by atoms with Crippen molar-refractivity contribution in [2.24, 2.45) is 5.92 Å². The first-order valence-electron chi connectivity index (χ1n) is 4.29. The van der Waals surface area contributed by atoms with E-state index in [2.05, 4.69) is 5.32 Å². The van der Waals surface area contributed by atoms with Crippen molar-refractivity contribution in [3.05, 3.63) is 0 Å². The standard InChI is InChI=1S/C8H13NO4/c10-6(11)2-1-5-3-4-9-7(5)8(12)13/h5,7,9H,1-4H2,(H,10,11)(H,12,13)/t5-,7-/m0/s1. The molecule has 2 atom stereocenters. The maximum absolute atomic E-state index is 10.6. The monoisotopic (exact) mass is 187 g/mol. The van der Waals surface area contributed by atoms with Crippen LogP contribution in [0.15, 0.2) is 0 Å². The first kappa shape index (κ1) is 9.98. The predicted molar refractivity (Wildman–Crippen MR) is 44.4 cm³/mol. The number of carboxylic acid groups (broad SMARTS) is 2. The van der Waals surface area contributed by atoms with Gasteiger partial charge in [-0.15, -0.1) is 0 Å². The van der Waals surface area contributed by atoms with Gasteiger partial charge in [0.1, 0.15) is 6.04 Å². The second-order valence-corrected chi connectivity index (χ2v) is 3.25. The van der Waals surface area contributed by atoms with Gasteiger partial charge in [0.2, 0.25) is 0 Å². The van der Waals surface area contributed by atoms with E-state index < -0.39 is 18.0 Å². The maximum atomic E-state index is 10.6. The van der Waals surface area contributed by atoms with Crippen LogP contribution in [-0.4, -0.2) is 34.7 Å². The third-order valence-corrected chi connectivity index (χ3v) is 2.35. The molecule has 1 aliphatic heterocycles. The van der Waals surface area contributed by atoms with Crippen molar-refractivity contribution >= 4 is 11.9 Å². The minimum Gasteiger partial charge on any atom is -0.481 e. The molecule has 5 nitrogen and oxygen atoms in total. The molecule has 1 rings (SSSR count). The number of hydrogen-bond donors (Lipinski definition) is 3. The van der Waals surface area contributed by atoms with Crippen LogP contribution in [-0.2, 0) is 9.59 Å². The van der Waals surface area contributed by atoms with Crippen molar-refractivity contribution in [2.45, 2.75) is 25.3 Å². The second kappa shape index (κ2) is 4.23. The first-order chi connectivity index (χ1) is 6.11. The summed E-state index contributed by atoms with van der Waals surface area (Å²) in [6.07, 6.45) is 1.25. The fraction of sp³-hybridized carbons (Fsp3) is 0.750. The molecule has 0 saturated carbocycles. The van der Waals surface area contributed by atoms with E-state index in [1.165, 1.54) is 0 Å². The molecule has 3 N–H and O–H groups in total. The Labute approximate surface area is 75.7 Å². The molecule has 1 aliphatic rings. The lowest BCUT2D eigenvalue weighted by molar-refractivity contribution is -0.141. The van der Waals surface area contributed by atoms with E-state index in [-0.39, 0.29) is 12.3 Å². The SMILES string of the molecule is O=C(O)CC[C@H]1CCN[C@@H]1C(=O)O. The van der Waals surface area contributed by atoms with Crippen molar-refractivity contribution in [2.75, 3.05) is 6.54 Å². The van der Waals surface area contributed by atoms with Crippen molar-refractivity contribution in [3.63, 3.8) is 0 Å². The van der Waals surface area contributed by atoms with E-state index in [1.54, 1.807) is 0 Å². The Morgan fingerprint density at radius 2 is 2.08 bits per heavy atom. The predicted octanol–water partition coefficient (Wildman–Crippen LogP) is -0.0861. The van der Waals surface area contributed by atoms with Crippen LogP contribution in [0.1, 0.15) is 19.3 Å². The number of carboxylic acids is 2. The van der Waals surface area contributed by atoms with Gasteiger partial charge in [0.05, 0.1) is 0 Å². The van der Waals surface area contributed by atoms with Crippen LogP contribution in [0.5, 0.6) is 0 Å². The minimum absolute atomic E-state index is 0.0337. The molecular weight excluding hydrogens is 174 g/mol. The third-order valence-electron chi connectivity index (χ3n) is 2.35. The highest BCUT2D eigenvalue weighted by Crippen LogP contribution is 2.20. The van der Waals surface area contributed by atoms with Gasteiger partial charge in [-0.1, -0.05) is 0 Å². The first-order valence-corrected chi connectivity index (χ1v) is 4.29. The van der Waals surface area contributed by atoms with Gasteiger partial charge in [0.15, 0.2) is 0 Å². The van der Waals surface area contributed by atoms with Crippen LogP contribution in [0, 0.1) is 5.92 Å². The van der Waals surface area contributed by atoms with Crippen molar-refractivity contribution in [1.82, 2.24) is 5.32 Å². The van der Waals surface area contributed by atoms with Gasteiger partial charge in [-0.05, 0) is 25.3 Å². The lowest BCUT2D eigenvalue weighted by Crippen LogP contribution is -2.35. The third kappa shape index (κ3) is 2.69. The molecule has 1 fully saturated rings. The molecule has 0 aromatic rings. The van der Waals surface area contributed by atoms with Crippen LogP contribution in [0.3, 0.4) is 0 Å². The highest BCUT2D eigenvalue weighted by molar-refractivity contribution is 5.74. The molecule has 5 heteroatoms. The van der Waals surface area contributed by atoms with E-state index in [9.17, 15) is 9.59 Å². The van der Waals surface area contributed by atoms with Gasteiger partial charge in [-0.3, -0.25) is 9.59 Å². The Balaban J connectivity index is 2.39. The molecule has 1 heterocycles. The summed E-state index contributed by atoms with van der Waals surface area (Å²) in [7, 11) is 0.